The van der Waals surface area contributed by atoms with Gasteiger partial charge < -0.3 is 4.74 Å². The van der Waals surface area contributed by atoms with Gasteiger partial charge in [-0.25, -0.2) is 0 Å². The molecule has 0 aliphatic heterocycles. The third kappa shape index (κ3) is 1.13. The molecule has 0 N–H and O–H groups in total. The molecule has 0 bridgehead atoms. The molecule has 2 aromatic carbocycles. The Morgan fingerprint density at radius 2 is 1.41 bits per heavy atom. The van der Waals surface area contributed by atoms with Crippen LogP contribution in [0.5, 0.6) is 0 Å². The van der Waals surface area contributed by atoms with Crippen LogP contribution in [0.2, 0.25) is 0 Å². The molecule has 0 saturated carbocycles. The van der Waals surface area contributed by atoms with E-state index in [1.54, 1.807) is 7.11 Å². The highest BCUT2D eigenvalue weighted by Gasteiger charge is 2.41. The molecule has 1 aliphatic rings. The number of hydrogen-bond donors (Lipinski definition) is 0. The Bertz CT molecular complexity index is 574. The Balaban J connectivity index is 2.43. The van der Waals surface area contributed by atoms with E-state index in [4.69, 9.17) is 11.2 Å². The summed E-state index contributed by atoms with van der Waals surface area (Å²) in [5, 5.41) is 0. The minimum absolute atomic E-state index is 0.729. The lowest BCUT2D eigenvalue weighted by Gasteiger charge is -2.24. The summed E-state index contributed by atoms with van der Waals surface area (Å²) < 4.78 is 5.66. The number of ether oxygens (including phenoxy) is 1. The maximum absolute atomic E-state index is 5.73. The standard InChI is InChI=1S/C16H12O/c1-3-16(17-2)14-10-6-4-8-12(14)13-9-5-7-11-15(13)16/h1,4-11H,2H3. The van der Waals surface area contributed by atoms with Gasteiger partial charge >= 0.3 is 0 Å². The third-order valence-corrected chi connectivity index (χ3v) is 3.41. The number of terminal acetylenes is 1. The van der Waals surface area contributed by atoms with E-state index in [1.165, 1.54) is 11.1 Å². The van der Waals surface area contributed by atoms with E-state index in [0.29, 0.717) is 0 Å². The minimum atomic E-state index is -0.729. The molecule has 0 aromatic heterocycles. The minimum Gasteiger partial charge on any atom is -0.357 e. The first-order chi connectivity index (χ1) is 8.33. The van der Waals surface area contributed by atoms with Gasteiger partial charge in [-0.3, -0.25) is 0 Å². The zero-order chi connectivity index (χ0) is 11.9. The van der Waals surface area contributed by atoms with Crippen LogP contribution in [-0.2, 0) is 10.3 Å². The predicted molar refractivity (Wildman–Crippen MR) is 68.5 cm³/mol. The van der Waals surface area contributed by atoms with E-state index < -0.39 is 5.60 Å². The van der Waals surface area contributed by atoms with Crippen LogP contribution in [0.4, 0.5) is 0 Å². The molecule has 0 radical (unpaired) electrons. The second kappa shape index (κ2) is 3.48. The summed E-state index contributed by atoms with van der Waals surface area (Å²) in [5.41, 5.74) is 3.73. The van der Waals surface area contributed by atoms with Crippen molar-refractivity contribution < 1.29 is 4.74 Å². The van der Waals surface area contributed by atoms with Gasteiger partial charge in [0, 0.05) is 18.2 Å². The molecular formula is C16H12O. The summed E-state index contributed by atoms with van der Waals surface area (Å²) in [4.78, 5) is 0. The van der Waals surface area contributed by atoms with Crippen LogP contribution >= 0.6 is 0 Å². The smallest absolute Gasteiger partial charge is 0.180 e. The maximum Gasteiger partial charge on any atom is 0.180 e. The van der Waals surface area contributed by atoms with Crippen molar-refractivity contribution in [3.05, 3.63) is 59.7 Å². The topological polar surface area (TPSA) is 9.23 Å². The summed E-state index contributed by atoms with van der Waals surface area (Å²) in [6.07, 6.45) is 5.73. The van der Waals surface area contributed by atoms with Crippen molar-refractivity contribution in [3.63, 3.8) is 0 Å². The van der Waals surface area contributed by atoms with Gasteiger partial charge in [-0.05, 0) is 11.1 Å². The Kier molecular flexibility index (Phi) is 2.07. The van der Waals surface area contributed by atoms with Gasteiger partial charge in [-0.1, -0.05) is 54.5 Å². The van der Waals surface area contributed by atoms with E-state index in [1.807, 2.05) is 36.4 Å². The SMILES string of the molecule is C#CC1(OC)c2ccccc2-c2ccccc21. The van der Waals surface area contributed by atoms with Crippen LogP contribution in [0.15, 0.2) is 48.5 Å². The summed E-state index contributed by atoms with van der Waals surface area (Å²) >= 11 is 0. The molecule has 3 rings (SSSR count). The fraction of sp³-hybridized carbons (Fsp3) is 0.125. The maximum atomic E-state index is 5.73. The molecule has 82 valence electrons. The number of rotatable bonds is 1. The third-order valence-electron chi connectivity index (χ3n) is 3.41. The quantitative estimate of drug-likeness (QED) is 0.671. The molecule has 0 heterocycles. The molecule has 0 amide bonds. The van der Waals surface area contributed by atoms with Gasteiger partial charge in [0.1, 0.15) is 0 Å². The van der Waals surface area contributed by atoms with Crippen molar-refractivity contribution in [2.75, 3.05) is 7.11 Å². The van der Waals surface area contributed by atoms with Gasteiger partial charge in [-0.2, -0.15) is 0 Å². The monoisotopic (exact) mass is 220 g/mol. The second-order valence-electron chi connectivity index (χ2n) is 4.12. The van der Waals surface area contributed by atoms with Crippen LogP contribution in [-0.4, -0.2) is 7.11 Å². The number of hydrogen-bond acceptors (Lipinski definition) is 1. The van der Waals surface area contributed by atoms with Crippen LogP contribution in [0.1, 0.15) is 11.1 Å². The summed E-state index contributed by atoms with van der Waals surface area (Å²) in [7, 11) is 1.67. The molecule has 0 atom stereocenters. The fourth-order valence-electron chi connectivity index (χ4n) is 2.63. The highest BCUT2D eigenvalue weighted by molar-refractivity contribution is 5.81. The van der Waals surface area contributed by atoms with Gasteiger partial charge in [0.25, 0.3) is 0 Å². The van der Waals surface area contributed by atoms with Crippen molar-refractivity contribution in [1.29, 1.82) is 0 Å². The zero-order valence-corrected chi connectivity index (χ0v) is 9.60. The first-order valence-electron chi connectivity index (χ1n) is 5.56. The molecule has 2 aromatic rings. The van der Waals surface area contributed by atoms with Crippen molar-refractivity contribution in [2.45, 2.75) is 5.60 Å². The van der Waals surface area contributed by atoms with Gasteiger partial charge in [-0.15, -0.1) is 6.42 Å². The molecule has 1 heteroatoms. The average molecular weight is 220 g/mol. The Labute approximate surface area is 101 Å². The van der Waals surface area contributed by atoms with Crippen LogP contribution < -0.4 is 0 Å². The molecule has 0 fully saturated rings. The van der Waals surface area contributed by atoms with Crippen LogP contribution in [0.25, 0.3) is 11.1 Å². The summed E-state index contributed by atoms with van der Waals surface area (Å²) in [5.74, 6) is 2.82. The number of benzene rings is 2. The van der Waals surface area contributed by atoms with E-state index in [9.17, 15) is 0 Å². The normalized spacial score (nSPS) is 14.8. The van der Waals surface area contributed by atoms with E-state index in [-0.39, 0.29) is 0 Å². The molecule has 17 heavy (non-hydrogen) atoms. The lowest BCUT2D eigenvalue weighted by atomic mass is 9.92. The van der Waals surface area contributed by atoms with Crippen molar-refractivity contribution in [1.82, 2.24) is 0 Å². The molecule has 0 saturated heterocycles. The molecule has 0 spiro atoms. The van der Waals surface area contributed by atoms with Crippen molar-refractivity contribution in [2.24, 2.45) is 0 Å². The summed E-state index contributed by atoms with van der Waals surface area (Å²) in [6.45, 7) is 0. The van der Waals surface area contributed by atoms with E-state index in [0.717, 1.165) is 11.1 Å². The van der Waals surface area contributed by atoms with E-state index >= 15 is 0 Å². The Hall–Kier alpha value is -2.04. The fourth-order valence-corrected chi connectivity index (χ4v) is 2.63. The molecular weight excluding hydrogens is 208 g/mol. The second-order valence-corrected chi connectivity index (χ2v) is 4.12. The average Bonchev–Trinajstić information content (AvgIpc) is 2.70. The zero-order valence-electron chi connectivity index (χ0n) is 9.60. The van der Waals surface area contributed by atoms with Gasteiger partial charge in [0.15, 0.2) is 5.60 Å². The summed E-state index contributed by atoms with van der Waals surface area (Å²) in [6, 6.07) is 16.3. The largest absolute Gasteiger partial charge is 0.357 e. The van der Waals surface area contributed by atoms with Gasteiger partial charge in [0.05, 0.1) is 0 Å². The number of methoxy groups -OCH3 is 1. The molecule has 1 nitrogen and oxygen atoms in total. The Morgan fingerprint density at radius 3 is 1.82 bits per heavy atom. The lowest BCUT2D eigenvalue weighted by Crippen LogP contribution is -2.25. The van der Waals surface area contributed by atoms with Gasteiger partial charge in [0.2, 0.25) is 0 Å². The number of fused-ring (bicyclic) bond motifs is 3. The Morgan fingerprint density at radius 1 is 0.941 bits per heavy atom. The first-order valence-corrected chi connectivity index (χ1v) is 5.56. The highest BCUT2D eigenvalue weighted by Crippen LogP contribution is 2.48. The molecule has 1 aliphatic carbocycles. The lowest BCUT2D eigenvalue weighted by molar-refractivity contribution is 0.0783. The van der Waals surface area contributed by atoms with Crippen molar-refractivity contribution >= 4 is 0 Å². The predicted octanol–water partition coefficient (Wildman–Crippen LogP) is 3.19. The van der Waals surface area contributed by atoms with Crippen LogP contribution in [0, 0.1) is 12.3 Å². The van der Waals surface area contributed by atoms with Crippen molar-refractivity contribution in [3.8, 4) is 23.5 Å². The van der Waals surface area contributed by atoms with Crippen LogP contribution in [0.3, 0.4) is 0 Å². The first kappa shape index (κ1) is 10.1. The molecule has 0 unspecified atom stereocenters. The van der Waals surface area contributed by atoms with E-state index in [2.05, 4.69) is 18.1 Å². The highest BCUT2D eigenvalue weighted by atomic mass is 16.5.